The third-order valence-corrected chi connectivity index (χ3v) is 4.40. The van der Waals surface area contributed by atoms with Gasteiger partial charge in [-0.3, -0.25) is 4.79 Å². The van der Waals surface area contributed by atoms with Crippen molar-refractivity contribution in [2.75, 3.05) is 6.61 Å². The minimum Gasteiger partial charge on any atom is -0.508 e. The van der Waals surface area contributed by atoms with Crippen molar-refractivity contribution in [3.8, 4) is 11.5 Å². The zero-order chi connectivity index (χ0) is 16.6. The van der Waals surface area contributed by atoms with E-state index in [0.29, 0.717) is 23.6 Å². The highest BCUT2D eigenvalue weighted by Gasteiger charge is 2.60. The van der Waals surface area contributed by atoms with Crippen molar-refractivity contribution in [2.45, 2.75) is 25.7 Å². The maximum atomic E-state index is 11.6. The lowest BCUT2D eigenvalue weighted by Crippen LogP contribution is -2.27. The molecule has 0 bridgehead atoms. The van der Waals surface area contributed by atoms with Gasteiger partial charge in [0.05, 0.1) is 24.4 Å². The standard InChI is InChI=1S/C17H19N3O3/c1-10-15(8-19-11(2)20-10)23-9-17(7-13(17)16(18)22)12-5-3-4-6-14(12)21/h3-6,8,13,21H,7,9H2,1-2H3,(H2,18,22). The summed E-state index contributed by atoms with van der Waals surface area (Å²) in [7, 11) is 0. The maximum absolute atomic E-state index is 11.6. The second kappa shape index (κ2) is 5.53. The predicted molar refractivity (Wildman–Crippen MR) is 84.1 cm³/mol. The second-order valence-corrected chi connectivity index (χ2v) is 5.99. The van der Waals surface area contributed by atoms with Crippen molar-refractivity contribution < 1.29 is 14.6 Å². The van der Waals surface area contributed by atoms with E-state index in [1.165, 1.54) is 0 Å². The molecule has 0 saturated heterocycles. The minimum atomic E-state index is -0.589. The third-order valence-electron chi connectivity index (χ3n) is 4.40. The van der Waals surface area contributed by atoms with Crippen molar-refractivity contribution in [3.63, 3.8) is 0 Å². The molecule has 1 aliphatic carbocycles. The molecule has 3 rings (SSSR count). The number of aryl methyl sites for hydroxylation is 2. The van der Waals surface area contributed by atoms with Gasteiger partial charge in [0.1, 0.15) is 11.6 Å². The van der Waals surface area contributed by atoms with Gasteiger partial charge in [0.2, 0.25) is 5.91 Å². The number of aromatic nitrogens is 2. The second-order valence-electron chi connectivity index (χ2n) is 5.99. The van der Waals surface area contributed by atoms with Crippen LogP contribution in [-0.2, 0) is 10.2 Å². The molecule has 1 aromatic carbocycles. The number of amides is 1. The maximum Gasteiger partial charge on any atom is 0.221 e. The van der Waals surface area contributed by atoms with Crippen LogP contribution in [0.25, 0.3) is 0 Å². The molecule has 1 heterocycles. The molecular weight excluding hydrogens is 294 g/mol. The van der Waals surface area contributed by atoms with E-state index in [9.17, 15) is 9.90 Å². The molecule has 120 valence electrons. The molecule has 0 radical (unpaired) electrons. The van der Waals surface area contributed by atoms with Crippen LogP contribution in [0.1, 0.15) is 23.5 Å². The van der Waals surface area contributed by atoms with E-state index in [1.54, 1.807) is 24.4 Å². The number of nitrogens with zero attached hydrogens (tertiary/aromatic N) is 2. The summed E-state index contributed by atoms with van der Waals surface area (Å²) in [5.74, 6) is 0.667. The summed E-state index contributed by atoms with van der Waals surface area (Å²) < 4.78 is 5.87. The van der Waals surface area contributed by atoms with Crippen molar-refractivity contribution >= 4 is 5.91 Å². The number of phenolic OH excluding ortho intramolecular Hbond substituents is 1. The number of nitrogens with two attached hydrogens (primary N) is 1. The molecule has 1 saturated carbocycles. The first-order chi connectivity index (χ1) is 10.9. The normalized spacial score (nSPS) is 22.6. The average Bonchev–Trinajstić information content (AvgIpc) is 3.23. The summed E-state index contributed by atoms with van der Waals surface area (Å²) in [6.07, 6.45) is 2.18. The Bertz CT molecular complexity index is 762. The zero-order valence-electron chi connectivity index (χ0n) is 13.1. The van der Waals surface area contributed by atoms with Crippen LogP contribution in [-0.4, -0.2) is 27.6 Å². The number of ether oxygens (including phenoxy) is 1. The van der Waals surface area contributed by atoms with Crippen molar-refractivity contribution in [1.29, 1.82) is 0 Å². The first kappa shape index (κ1) is 15.3. The SMILES string of the molecule is Cc1ncc(OCC2(c3ccccc3O)CC2C(N)=O)c(C)n1. The Labute approximate surface area is 134 Å². The summed E-state index contributed by atoms with van der Waals surface area (Å²) in [4.78, 5) is 20.0. The number of carbonyl (C=O) groups is 1. The van der Waals surface area contributed by atoms with Gasteiger partial charge in [0.15, 0.2) is 5.75 Å². The van der Waals surface area contributed by atoms with E-state index in [-0.39, 0.29) is 24.2 Å². The average molecular weight is 313 g/mol. The number of hydrogen-bond acceptors (Lipinski definition) is 5. The molecule has 3 N–H and O–H groups in total. The lowest BCUT2D eigenvalue weighted by Gasteiger charge is -2.20. The fraction of sp³-hybridized carbons (Fsp3) is 0.353. The zero-order valence-corrected chi connectivity index (χ0v) is 13.1. The van der Waals surface area contributed by atoms with Gasteiger partial charge in [0.25, 0.3) is 0 Å². The van der Waals surface area contributed by atoms with Gasteiger partial charge in [-0.25, -0.2) is 9.97 Å². The Morgan fingerprint density at radius 1 is 1.43 bits per heavy atom. The van der Waals surface area contributed by atoms with Crippen LogP contribution in [0.5, 0.6) is 11.5 Å². The van der Waals surface area contributed by atoms with E-state index >= 15 is 0 Å². The fourth-order valence-electron chi connectivity index (χ4n) is 3.03. The smallest absolute Gasteiger partial charge is 0.221 e. The number of benzene rings is 1. The molecule has 1 fully saturated rings. The molecule has 0 spiro atoms. The lowest BCUT2D eigenvalue weighted by molar-refractivity contribution is -0.119. The molecule has 1 aliphatic rings. The van der Waals surface area contributed by atoms with Crippen molar-refractivity contribution in [3.05, 3.63) is 47.5 Å². The Morgan fingerprint density at radius 3 is 2.78 bits per heavy atom. The van der Waals surface area contributed by atoms with E-state index in [0.717, 1.165) is 5.69 Å². The van der Waals surface area contributed by atoms with Crippen LogP contribution >= 0.6 is 0 Å². The highest BCUT2D eigenvalue weighted by atomic mass is 16.5. The van der Waals surface area contributed by atoms with Gasteiger partial charge in [-0.05, 0) is 26.3 Å². The molecule has 1 amide bonds. The number of carbonyl (C=O) groups excluding carboxylic acids is 1. The quantitative estimate of drug-likeness (QED) is 0.874. The molecule has 0 aliphatic heterocycles. The Kier molecular flexibility index (Phi) is 3.67. The van der Waals surface area contributed by atoms with Gasteiger partial charge in [-0.2, -0.15) is 0 Å². The topological polar surface area (TPSA) is 98.3 Å². The van der Waals surface area contributed by atoms with Crippen LogP contribution < -0.4 is 10.5 Å². The molecule has 2 unspecified atom stereocenters. The first-order valence-corrected chi connectivity index (χ1v) is 7.45. The van der Waals surface area contributed by atoms with Gasteiger partial charge >= 0.3 is 0 Å². The van der Waals surface area contributed by atoms with E-state index in [4.69, 9.17) is 10.5 Å². The summed E-state index contributed by atoms with van der Waals surface area (Å²) >= 11 is 0. The van der Waals surface area contributed by atoms with Crippen molar-refractivity contribution in [1.82, 2.24) is 9.97 Å². The third kappa shape index (κ3) is 2.72. The minimum absolute atomic E-state index is 0.150. The van der Waals surface area contributed by atoms with Crippen molar-refractivity contribution in [2.24, 2.45) is 11.7 Å². The molecule has 6 nitrogen and oxygen atoms in total. The van der Waals surface area contributed by atoms with Gasteiger partial charge in [-0.1, -0.05) is 18.2 Å². The number of para-hydroxylation sites is 1. The van der Waals surface area contributed by atoms with Gasteiger partial charge < -0.3 is 15.6 Å². The molecule has 1 aromatic heterocycles. The molecule has 6 heteroatoms. The number of primary amides is 1. The van der Waals surface area contributed by atoms with E-state index < -0.39 is 5.41 Å². The highest BCUT2D eigenvalue weighted by molar-refractivity contribution is 5.83. The first-order valence-electron chi connectivity index (χ1n) is 7.45. The molecule has 2 atom stereocenters. The monoisotopic (exact) mass is 313 g/mol. The Hall–Kier alpha value is -2.63. The summed E-state index contributed by atoms with van der Waals surface area (Å²) in [6.45, 7) is 3.89. The number of aromatic hydroxyl groups is 1. The number of rotatable bonds is 5. The summed E-state index contributed by atoms with van der Waals surface area (Å²) in [6, 6.07) is 6.98. The fourth-order valence-corrected chi connectivity index (χ4v) is 3.03. The largest absolute Gasteiger partial charge is 0.508 e. The van der Waals surface area contributed by atoms with Crippen LogP contribution in [0.15, 0.2) is 30.5 Å². The Morgan fingerprint density at radius 2 is 2.17 bits per heavy atom. The summed E-state index contributed by atoms with van der Waals surface area (Å²) in [5, 5.41) is 10.1. The van der Waals surface area contributed by atoms with Crippen LogP contribution in [0.2, 0.25) is 0 Å². The number of hydrogen-bond donors (Lipinski definition) is 2. The number of phenols is 1. The molecular formula is C17H19N3O3. The lowest BCUT2D eigenvalue weighted by atomic mass is 9.93. The van der Waals surface area contributed by atoms with Crippen LogP contribution in [0, 0.1) is 19.8 Å². The van der Waals surface area contributed by atoms with Gasteiger partial charge in [0, 0.05) is 11.0 Å². The van der Waals surface area contributed by atoms with E-state index in [1.807, 2.05) is 19.9 Å². The van der Waals surface area contributed by atoms with Gasteiger partial charge in [-0.15, -0.1) is 0 Å². The van der Waals surface area contributed by atoms with Crippen LogP contribution in [0.3, 0.4) is 0 Å². The molecule has 23 heavy (non-hydrogen) atoms. The molecule has 2 aromatic rings. The Balaban J connectivity index is 1.87. The predicted octanol–water partition coefficient (Wildman–Crippen LogP) is 1.62. The van der Waals surface area contributed by atoms with E-state index in [2.05, 4.69) is 9.97 Å². The van der Waals surface area contributed by atoms with Crippen LogP contribution in [0.4, 0.5) is 0 Å². The highest BCUT2D eigenvalue weighted by Crippen LogP contribution is 2.56. The summed E-state index contributed by atoms with van der Waals surface area (Å²) in [5.41, 5.74) is 6.32.